The lowest BCUT2D eigenvalue weighted by atomic mass is 10.0. The Morgan fingerprint density at radius 2 is 2.10 bits per heavy atom. The zero-order valence-electron chi connectivity index (χ0n) is 11.4. The zero-order chi connectivity index (χ0) is 16.3. The van der Waals surface area contributed by atoms with Crippen molar-refractivity contribution in [3.63, 3.8) is 0 Å². The Bertz CT molecular complexity index is 589. The van der Waals surface area contributed by atoms with Gasteiger partial charge in [0.25, 0.3) is 0 Å². The van der Waals surface area contributed by atoms with Crippen LogP contribution in [0.3, 0.4) is 0 Å². The highest BCUT2D eigenvalue weighted by molar-refractivity contribution is 9.09. The van der Waals surface area contributed by atoms with Gasteiger partial charge >= 0.3 is 6.18 Å². The second-order valence-electron chi connectivity index (χ2n) is 4.60. The van der Waals surface area contributed by atoms with Gasteiger partial charge in [0.15, 0.2) is 0 Å². The Morgan fingerprint density at radius 3 is 2.52 bits per heavy atom. The Labute approximate surface area is 129 Å². The van der Waals surface area contributed by atoms with E-state index in [1.807, 2.05) is 0 Å². The SMILES string of the molecule is C/C=C(/Nc1ccc(C#N)c(C(F)(F)F)c1)[C@@](C)(O)CBr. The molecule has 21 heavy (non-hydrogen) atoms. The molecule has 0 amide bonds. The van der Waals surface area contributed by atoms with E-state index in [9.17, 15) is 18.3 Å². The van der Waals surface area contributed by atoms with Gasteiger partial charge in [-0.05, 0) is 32.0 Å². The number of aliphatic hydroxyl groups is 1. The maximum absolute atomic E-state index is 12.9. The van der Waals surface area contributed by atoms with E-state index in [-0.39, 0.29) is 11.0 Å². The molecular formula is C14H14BrF3N2O. The minimum atomic E-state index is -4.61. The summed E-state index contributed by atoms with van der Waals surface area (Å²) in [5.74, 6) is 0. The first-order chi connectivity index (χ1) is 9.65. The van der Waals surface area contributed by atoms with E-state index in [4.69, 9.17) is 5.26 Å². The van der Waals surface area contributed by atoms with Crippen molar-refractivity contribution in [2.45, 2.75) is 25.6 Å². The third-order valence-electron chi connectivity index (χ3n) is 2.85. The molecule has 0 bridgehead atoms. The molecule has 0 saturated heterocycles. The predicted octanol–water partition coefficient (Wildman–Crippen LogP) is 4.04. The van der Waals surface area contributed by atoms with E-state index >= 15 is 0 Å². The van der Waals surface area contributed by atoms with Crippen LogP contribution >= 0.6 is 15.9 Å². The van der Waals surface area contributed by atoms with E-state index < -0.39 is 22.9 Å². The minimum absolute atomic E-state index is 0.149. The quantitative estimate of drug-likeness (QED) is 0.794. The van der Waals surface area contributed by atoms with Gasteiger partial charge in [0.1, 0.15) is 5.60 Å². The van der Waals surface area contributed by atoms with Crippen LogP contribution in [-0.2, 0) is 6.18 Å². The van der Waals surface area contributed by atoms with Crippen molar-refractivity contribution < 1.29 is 18.3 Å². The molecule has 0 unspecified atom stereocenters. The molecule has 0 aliphatic rings. The Balaban J connectivity index is 3.20. The normalized spacial score (nSPS) is 15.2. The number of nitrogens with one attached hydrogen (secondary N) is 1. The Morgan fingerprint density at radius 1 is 1.48 bits per heavy atom. The summed E-state index contributed by atoms with van der Waals surface area (Å²) in [7, 11) is 0. The maximum Gasteiger partial charge on any atom is 0.417 e. The standard InChI is InChI=1S/C14H14BrF3N2O/c1-3-12(13(2,21)8-15)20-10-5-4-9(7-19)11(6-10)14(16,17)18/h3-6,20-21H,8H2,1-2H3/b12-3+/t13-/m0/s1. The van der Waals surface area contributed by atoms with Gasteiger partial charge in [0.05, 0.1) is 17.2 Å². The molecule has 1 aromatic carbocycles. The summed E-state index contributed by atoms with van der Waals surface area (Å²) < 4.78 is 38.7. The monoisotopic (exact) mass is 362 g/mol. The van der Waals surface area contributed by atoms with Gasteiger partial charge < -0.3 is 10.4 Å². The number of rotatable bonds is 4. The fourth-order valence-electron chi connectivity index (χ4n) is 1.70. The number of hydrogen-bond acceptors (Lipinski definition) is 3. The molecule has 1 rings (SSSR count). The number of anilines is 1. The number of halogens is 4. The molecule has 0 radical (unpaired) electrons. The van der Waals surface area contributed by atoms with Crippen LogP contribution in [0, 0.1) is 11.3 Å². The van der Waals surface area contributed by atoms with Gasteiger partial charge in [0, 0.05) is 16.7 Å². The molecule has 0 saturated carbocycles. The van der Waals surface area contributed by atoms with E-state index in [1.54, 1.807) is 13.0 Å². The summed E-state index contributed by atoms with van der Waals surface area (Å²) in [5, 5.41) is 21.8. The van der Waals surface area contributed by atoms with E-state index in [2.05, 4.69) is 21.2 Å². The lowest BCUT2D eigenvalue weighted by Crippen LogP contribution is -2.32. The summed E-state index contributed by atoms with van der Waals surface area (Å²) in [6, 6.07) is 4.83. The number of benzene rings is 1. The Kier molecular flexibility index (Phi) is 5.42. The fourth-order valence-corrected chi connectivity index (χ4v) is 2.00. The van der Waals surface area contributed by atoms with Gasteiger partial charge in [0.2, 0.25) is 0 Å². The van der Waals surface area contributed by atoms with Crippen LogP contribution in [0.25, 0.3) is 0 Å². The summed E-state index contributed by atoms with van der Waals surface area (Å²) in [5.41, 5.74) is -2.19. The van der Waals surface area contributed by atoms with Crippen molar-refractivity contribution in [2.75, 3.05) is 10.6 Å². The van der Waals surface area contributed by atoms with Crippen molar-refractivity contribution in [1.29, 1.82) is 5.26 Å². The zero-order valence-corrected chi connectivity index (χ0v) is 13.0. The molecule has 1 atom stereocenters. The first kappa shape index (κ1) is 17.5. The van der Waals surface area contributed by atoms with Crippen molar-refractivity contribution in [3.05, 3.63) is 41.1 Å². The van der Waals surface area contributed by atoms with Crippen LogP contribution in [0.2, 0.25) is 0 Å². The average Bonchev–Trinajstić information content (AvgIpc) is 2.43. The molecule has 114 valence electrons. The van der Waals surface area contributed by atoms with Crippen LogP contribution in [0.15, 0.2) is 30.0 Å². The highest BCUT2D eigenvalue weighted by Crippen LogP contribution is 2.34. The van der Waals surface area contributed by atoms with Crippen molar-refractivity contribution in [2.24, 2.45) is 0 Å². The Hall–Kier alpha value is -1.52. The molecule has 3 nitrogen and oxygen atoms in total. The van der Waals surface area contributed by atoms with Gasteiger partial charge in [-0.25, -0.2) is 0 Å². The lowest BCUT2D eigenvalue weighted by Gasteiger charge is -2.26. The molecule has 0 aromatic heterocycles. The van der Waals surface area contributed by atoms with Gasteiger partial charge in [-0.15, -0.1) is 0 Å². The number of alkyl halides is 4. The number of nitriles is 1. The average molecular weight is 363 g/mol. The van der Waals surface area contributed by atoms with Crippen LogP contribution in [0.1, 0.15) is 25.0 Å². The highest BCUT2D eigenvalue weighted by Gasteiger charge is 2.34. The first-order valence-electron chi connectivity index (χ1n) is 5.99. The van der Waals surface area contributed by atoms with Crippen molar-refractivity contribution in [3.8, 4) is 6.07 Å². The van der Waals surface area contributed by atoms with Gasteiger partial charge in [-0.2, -0.15) is 18.4 Å². The molecular weight excluding hydrogens is 349 g/mol. The first-order valence-corrected chi connectivity index (χ1v) is 7.11. The molecule has 1 aromatic rings. The molecule has 7 heteroatoms. The second-order valence-corrected chi connectivity index (χ2v) is 5.17. The molecule has 0 heterocycles. The van der Waals surface area contributed by atoms with E-state index in [0.29, 0.717) is 5.70 Å². The van der Waals surface area contributed by atoms with Crippen LogP contribution < -0.4 is 5.32 Å². The topological polar surface area (TPSA) is 56.0 Å². The number of allylic oxidation sites excluding steroid dienone is 1. The van der Waals surface area contributed by atoms with E-state index in [0.717, 1.165) is 12.1 Å². The van der Waals surface area contributed by atoms with E-state index in [1.165, 1.54) is 19.1 Å². The highest BCUT2D eigenvalue weighted by atomic mass is 79.9. The number of nitrogens with zero attached hydrogens (tertiary/aromatic N) is 1. The molecule has 0 aliphatic heterocycles. The molecule has 0 aliphatic carbocycles. The largest absolute Gasteiger partial charge is 0.417 e. The molecule has 2 N–H and O–H groups in total. The van der Waals surface area contributed by atoms with Crippen molar-refractivity contribution in [1.82, 2.24) is 0 Å². The third-order valence-corrected chi connectivity index (χ3v) is 3.95. The smallest absolute Gasteiger partial charge is 0.383 e. The van der Waals surface area contributed by atoms with Crippen molar-refractivity contribution >= 4 is 21.6 Å². The summed E-state index contributed by atoms with van der Waals surface area (Å²) in [6.45, 7) is 3.19. The lowest BCUT2D eigenvalue weighted by molar-refractivity contribution is -0.137. The summed E-state index contributed by atoms with van der Waals surface area (Å²) >= 11 is 3.14. The van der Waals surface area contributed by atoms with Crippen LogP contribution in [0.4, 0.5) is 18.9 Å². The summed E-state index contributed by atoms with van der Waals surface area (Å²) in [6.07, 6.45) is -3.04. The minimum Gasteiger partial charge on any atom is -0.383 e. The fraction of sp³-hybridized carbons (Fsp3) is 0.357. The maximum atomic E-state index is 12.9. The van der Waals surface area contributed by atoms with Gasteiger partial charge in [-0.1, -0.05) is 22.0 Å². The van der Waals surface area contributed by atoms with Gasteiger partial charge in [-0.3, -0.25) is 0 Å². The summed E-state index contributed by atoms with van der Waals surface area (Å²) in [4.78, 5) is 0. The third kappa shape index (κ3) is 4.22. The van der Waals surface area contributed by atoms with Crippen LogP contribution in [0.5, 0.6) is 0 Å². The number of hydrogen-bond donors (Lipinski definition) is 2. The van der Waals surface area contributed by atoms with Crippen LogP contribution in [-0.4, -0.2) is 16.0 Å². The molecule has 0 fully saturated rings. The predicted molar refractivity (Wildman–Crippen MR) is 78.0 cm³/mol. The molecule has 0 spiro atoms. The second kappa shape index (κ2) is 6.50.